The molecule has 1 aromatic rings. The van der Waals surface area contributed by atoms with Gasteiger partial charge in [-0.1, -0.05) is 32.1 Å². The highest BCUT2D eigenvalue weighted by Gasteiger charge is 2.35. The fraction of sp³-hybridized carbons (Fsp3) is 0.562. The molecule has 0 amide bonds. The summed E-state index contributed by atoms with van der Waals surface area (Å²) >= 11 is 5.19. The van der Waals surface area contributed by atoms with Crippen molar-refractivity contribution < 1.29 is 0 Å². The van der Waals surface area contributed by atoms with Gasteiger partial charge in [0, 0.05) is 24.3 Å². The van der Waals surface area contributed by atoms with Crippen LogP contribution >= 0.6 is 12.2 Å². The molecule has 0 atom stereocenters. The number of nitrogens with two attached hydrogens (primary N) is 1. The lowest BCUT2D eigenvalue weighted by Gasteiger charge is -2.28. The van der Waals surface area contributed by atoms with Crippen LogP contribution in [0.1, 0.15) is 44.2 Å². The lowest BCUT2D eigenvalue weighted by molar-refractivity contribution is 0.301. The van der Waals surface area contributed by atoms with Gasteiger partial charge in [0.05, 0.1) is 0 Å². The molecule has 2 nitrogen and oxygen atoms in total. The minimum absolute atomic E-state index is 0.469. The molecule has 0 unspecified atom stereocenters. The first-order valence-corrected chi connectivity index (χ1v) is 7.57. The smallest absolute Gasteiger partial charge is 0.106 e. The van der Waals surface area contributed by atoms with E-state index in [0.29, 0.717) is 10.4 Å². The molecule has 1 saturated heterocycles. The second-order valence-electron chi connectivity index (χ2n) is 5.76. The van der Waals surface area contributed by atoms with E-state index in [1.807, 2.05) is 0 Å². The summed E-state index contributed by atoms with van der Waals surface area (Å²) in [6.45, 7) is 8.96. The fourth-order valence-corrected chi connectivity index (χ4v) is 3.25. The van der Waals surface area contributed by atoms with Crippen molar-refractivity contribution in [1.29, 1.82) is 0 Å². The van der Waals surface area contributed by atoms with Gasteiger partial charge in [-0.15, -0.1) is 0 Å². The molecule has 1 heterocycles. The number of aryl methyl sites for hydroxylation is 1. The molecule has 1 aliphatic rings. The van der Waals surface area contributed by atoms with Crippen molar-refractivity contribution in [3.8, 4) is 0 Å². The molecule has 0 saturated carbocycles. The molecule has 1 fully saturated rings. The highest BCUT2D eigenvalue weighted by atomic mass is 32.1. The van der Waals surface area contributed by atoms with Gasteiger partial charge < -0.3 is 10.6 Å². The Kier molecular flexibility index (Phi) is 4.14. The number of nitrogens with zero attached hydrogens (tertiary/aromatic N) is 1. The van der Waals surface area contributed by atoms with E-state index in [1.54, 1.807) is 0 Å². The highest BCUT2D eigenvalue weighted by molar-refractivity contribution is 7.80. The van der Waals surface area contributed by atoms with Crippen molar-refractivity contribution in [3.05, 3.63) is 29.3 Å². The van der Waals surface area contributed by atoms with E-state index in [4.69, 9.17) is 18.0 Å². The van der Waals surface area contributed by atoms with E-state index in [9.17, 15) is 0 Å². The maximum absolute atomic E-state index is 5.87. The van der Waals surface area contributed by atoms with Crippen molar-refractivity contribution in [3.63, 3.8) is 0 Å². The zero-order chi connectivity index (χ0) is 14.0. The largest absolute Gasteiger partial charge is 0.389 e. The second kappa shape index (κ2) is 5.49. The number of anilines is 1. The van der Waals surface area contributed by atoms with Crippen LogP contribution in [-0.4, -0.2) is 18.1 Å². The molecule has 0 aliphatic carbocycles. The van der Waals surface area contributed by atoms with E-state index in [0.717, 1.165) is 18.7 Å². The number of hydrogen-bond acceptors (Lipinski definition) is 2. The average Bonchev–Trinajstić information content (AvgIpc) is 2.83. The van der Waals surface area contributed by atoms with Crippen LogP contribution in [0.5, 0.6) is 0 Å². The van der Waals surface area contributed by atoms with Crippen molar-refractivity contribution in [2.24, 2.45) is 11.1 Å². The van der Waals surface area contributed by atoms with Gasteiger partial charge in [0.1, 0.15) is 4.99 Å². The molecule has 0 spiro atoms. The molecule has 1 aromatic carbocycles. The van der Waals surface area contributed by atoms with Gasteiger partial charge in [-0.3, -0.25) is 0 Å². The first-order valence-electron chi connectivity index (χ1n) is 7.17. The maximum Gasteiger partial charge on any atom is 0.106 e. The van der Waals surface area contributed by atoms with Gasteiger partial charge in [0.15, 0.2) is 0 Å². The zero-order valence-electron chi connectivity index (χ0n) is 12.2. The summed E-state index contributed by atoms with van der Waals surface area (Å²) in [6, 6.07) is 6.36. The maximum atomic E-state index is 5.87. The summed E-state index contributed by atoms with van der Waals surface area (Å²) in [6.07, 6.45) is 3.76. The number of benzene rings is 1. The molecule has 104 valence electrons. The molecular formula is C16H24N2S. The summed E-state index contributed by atoms with van der Waals surface area (Å²) in [5, 5.41) is 0. The van der Waals surface area contributed by atoms with Crippen molar-refractivity contribution >= 4 is 22.9 Å². The lowest BCUT2D eigenvalue weighted by Crippen LogP contribution is -2.28. The summed E-state index contributed by atoms with van der Waals surface area (Å²) in [7, 11) is 0. The minimum atomic E-state index is 0.469. The Morgan fingerprint density at radius 1 is 1.37 bits per heavy atom. The van der Waals surface area contributed by atoms with Crippen molar-refractivity contribution in [2.75, 3.05) is 18.0 Å². The second-order valence-corrected chi connectivity index (χ2v) is 6.20. The average molecular weight is 276 g/mol. The van der Waals surface area contributed by atoms with Gasteiger partial charge >= 0.3 is 0 Å². The highest BCUT2D eigenvalue weighted by Crippen LogP contribution is 2.40. The summed E-state index contributed by atoms with van der Waals surface area (Å²) in [4.78, 5) is 2.97. The quantitative estimate of drug-likeness (QED) is 0.851. The standard InChI is InChI=1S/C16H24N2S/c1-4-16(5-2)8-9-18(11-16)14-10-12(3)6-7-13(14)15(17)19/h6-7,10H,4-5,8-9,11H2,1-3H3,(H2,17,19). The monoisotopic (exact) mass is 276 g/mol. The van der Waals surface area contributed by atoms with Crippen LogP contribution in [0.25, 0.3) is 0 Å². The number of rotatable bonds is 4. The molecule has 0 radical (unpaired) electrons. The Morgan fingerprint density at radius 2 is 2.05 bits per heavy atom. The van der Waals surface area contributed by atoms with E-state index < -0.39 is 0 Å². The summed E-state index contributed by atoms with van der Waals surface area (Å²) in [5.74, 6) is 0. The van der Waals surface area contributed by atoms with Gasteiger partial charge in [0.25, 0.3) is 0 Å². The normalized spacial score (nSPS) is 17.7. The van der Waals surface area contributed by atoms with Gasteiger partial charge in [-0.05, 0) is 49.3 Å². The van der Waals surface area contributed by atoms with E-state index in [1.165, 1.54) is 30.5 Å². The topological polar surface area (TPSA) is 29.3 Å². The predicted molar refractivity (Wildman–Crippen MR) is 86.9 cm³/mol. The predicted octanol–water partition coefficient (Wildman–Crippen LogP) is 3.65. The van der Waals surface area contributed by atoms with Gasteiger partial charge in [-0.25, -0.2) is 0 Å². The molecule has 2 rings (SSSR count). The lowest BCUT2D eigenvalue weighted by atomic mass is 9.82. The fourth-order valence-electron chi connectivity index (χ4n) is 3.08. The van der Waals surface area contributed by atoms with Gasteiger partial charge in [-0.2, -0.15) is 0 Å². The molecule has 0 bridgehead atoms. The molecule has 2 N–H and O–H groups in total. The van der Waals surface area contributed by atoms with Crippen molar-refractivity contribution in [2.45, 2.75) is 40.0 Å². The Hall–Kier alpha value is -1.09. The van der Waals surface area contributed by atoms with Crippen molar-refractivity contribution in [1.82, 2.24) is 0 Å². The summed E-state index contributed by atoms with van der Waals surface area (Å²) in [5.41, 5.74) is 9.84. The molecule has 3 heteroatoms. The van der Waals surface area contributed by atoms with Crippen LogP contribution in [0.3, 0.4) is 0 Å². The Bertz CT molecular complexity index is 478. The van der Waals surface area contributed by atoms with Crippen LogP contribution in [0.2, 0.25) is 0 Å². The van der Waals surface area contributed by atoms with Crippen LogP contribution in [-0.2, 0) is 0 Å². The first kappa shape index (κ1) is 14.3. The van der Waals surface area contributed by atoms with Gasteiger partial charge in [0.2, 0.25) is 0 Å². The number of thiocarbonyl (C=S) groups is 1. The third-order valence-corrected chi connectivity index (χ3v) is 4.92. The van der Waals surface area contributed by atoms with E-state index in [-0.39, 0.29) is 0 Å². The van der Waals surface area contributed by atoms with E-state index in [2.05, 4.69) is 43.9 Å². The van der Waals surface area contributed by atoms with Crippen LogP contribution in [0.15, 0.2) is 18.2 Å². The van der Waals surface area contributed by atoms with E-state index >= 15 is 0 Å². The van der Waals surface area contributed by atoms with Crippen LogP contribution in [0.4, 0.5) is 5.69 Å². The van der Waals surface area contributed by atoms with Crippen LogP contribution < -0.4 is 10.6 Å². The molecule has 1 aliphatic heterocycles. The third kappa shape index (κ3) is 2.76. The Labute approximate surface area is 122 Å². The first-order chi connectivity index (χ1) is 9.01. The molecule has 19 heavy (non-hydrogen) atoms. The minimum Gasteiger partial charge on any atom is -0.389 e. The third-order valence-electron chi connectivity index (χ3n) is 4.70. The zero-order valence-corrected chi connectivity index (χ0v) is 13.0. The Balaban J connectivity index is 2.33. The van der Waals surface area contributed by atoms with Crippen LogP contribution in [0, 0.1) is 12.3 Å². The Morgan fingerprint density at radius 3 is 2.58 bits per heavy atom. The molecular weight excluding hydrogens is 252 g/mol. The summed E-state index contributed by atoms with van der Waals surface area (Å²) < 4.78 is 0. The number of hydrogen-bond donors (Lipinski definition) is 1. The molecule has 0 aromatic heterocycles. The SMILES string of the molecule is CCC1(CC)CCN(c2cc(C)ccc2C(N)=S)C1.